The zero-order valence-electron chi connectivity index (χ0n) is 10.6. The minimum absolute atomic E-state index is 0.0573. The van der Waals surface area contributed by atoms with Crippen molar-refractivity contribution in [1.29, 1.82) is 0 Å². The van der Waals surface area contributed by atoms with Crippen molar-refractivity contribution in [1.82, 2.24) is 14.5 Å². The summed E-state index contributed by atoms with van der Waals surface area (Å²) in [5.74, 6) is -0.252. The fourth-order valence-corrected chi connectivity index (χ4v) is 2.56. The number of rotatable bonds is 2. The molecule has 0 bridgehead atoms. The van der Waals surface area contributed by atoms with Gasteiger partial charge in [-0.1, -0.05) is 29.3 Å². The zero-order chi connectivity index (χ0) is 15.0. The lowest BCUT2D eigenvalue weighted by molar-refractivity contribution is 0.480. The number of pyridine rings is 1. The van der Waals surface area contributed by atoms with Crippen LogP contribution in [-0.2, 0) is 6.54 Å². The van der Waals surface area contributed by atoms with Crippen LogP contribution in [0, 0.1) is 0 Å². The number of benzene rings is 1. The molecule has 21 heavy (non-hydrogen) atoms. The molecule has 0 spiro atoms. The van der Waals surface area contributed by atoms with Gasteiger partial charge in [-0.3, -0.25) is 14.3 Å². The molecular weight excluding hydrogens is 313 g/mol. The van der Waals surface area contributed by atoms with Gasteiger partial charge < -0.3 is 5.11 Å². The second kappa shape index (κ2) is 5.35. The van der Waals surface area contributed by atoms with E-state index in [9.17, 15) is 9.90 Å². The van der Waals surface area contributed by atoms with Crippen molar-refractivity contribution < 1.29 is 5.11 Å². The van der Waals surface area contributed by atoms with E-state index in [1.165, 1.54) is 17.0 Å². The van der Waals surface area contributed by atoms with Crippen LogP contribution in [0.4, 0.5) is 0 Å². The van der Waals surface area contributed by atoms with Gasteiger partial charge in [0, 0.05) is 6.20 Å². The van der Waals surface area contributed by atoms with Crippen LogP contribution in [0.5, 0.6) is 5.75 Å². The lowest BCUT2D eigenvalue weighted by atomic mass is 10.2. The van der Waals surface area contributed by atoms with Crippen LogP contribution < -0.4 is 5.56 Å². The van der Waals surface area contributed by atoms with E-state index in [1.807, 2.05) is 6.07 Å². The molecule has 0 saturated carbocycles. The summed E-state index contributed by atoms with van der Waals surface area (Å²) >= 11 is 11.9. The minimum atomic E-state index is -0.359. The fraction of sp³-hybridized carbons (Fsp3) is 0.0714. The Kier molecular flexibility index (Phi) is 3.53. The molecule has 1 aromatic carbocycles. The number of fused-ring (bicyclic) bond motifs is 1. The monoisotopic (exact) mass is 321 g/mol. The molecule has 0 amide bonds. The van der Waals surface area contributed by atoms with E-state index in [-0.39, 0.29) is 38.8 Å². The Bertz CT molecular complexity index is 879. The van der Waals surface area contributed by atoms with Crippen LogP contribution >= 0.6 is 23.2 Å². The van der Waals surface area contributed by atoms with Gasteiger partial charge in [-0.2, -0.15) is 0 Å². The molecule has 106 valence electrons. The molecule has 2 aromatic heterocycles. The van der Waals surface area contributed by atoms with Crippen molar-refractivity contribution in [3.8, 4) is 5.75 Å². The first kappa shape index (κ1) is 13.9. The molecule has 0 radical (unpaired) electrons. The summed E-state index contributed by atoms with van der Waals surface area (Å²) in [7, 11) is 0. The maximum Gasteiger partial charge on any atom is 0.263 e. The molecule has 0 atom stereocenters. The average molecular weight is 322 g/mol. The van der Waals surface area contributed by atoms with E-state index < -0.39 is 0 Å². The number of aromatic hydroxyl groups is 1. The van der Waals surface area contributed by atoms with Crippen molar-refractivity contribution in [3.63, 3.8) is 0 Å². The maximum atomic E-state index is 12.5. The van der Waals surface area contributed by atoms with Gasteiger partial charge in [0.05, 0.1) is 34.0 Å². The lowest BCUT2D eigenvalue weighted by Gasteiger charge is -2.08. The molecule has 1 N–H and O–H groups in total. The van der Waals surface area contributed by atoms with E-state index in [2.05, 4.69) is 9.97 Å². The molecule has 2 heterocycles. The molecule has 0 aliphatic rings. The maximum absolute atomic E-state index is 12.5. The Morgan fingerprint density at radius 3 is 2.71 bits per heavy atom. The summed E-state index contributed by atoms with van der Waals surface area (Å²) in [5, 5.41) is 10.2. The van der Waals surface area contributed by atoms with Gasteiger partial charge >= 0.3 is 0 Å². The molecule has 0 unspecified atom stereocenters. The Hall–Kier alpha value is -2.11. The second-order valence-electron chi connectivity index (χ2n) is 4.41. The summed E-state index contributed by atoms with van der Waals surface area (Å²) in [5.41, 5.74) is 0.451. The van der Waals surface area contributed by atoms with Crippen LogP contribution in [-0.4, -0.2) is 19.6 Å². The van der Waals surface area contributed by atoms with Gasteiger partial charge in [0.15, 0.2) is 5.75 Å². The van der Waals surface area contributed by atoms with Crippen molar-refractivity contribution in [2.75, 3.05) is 0 Å². The SMILES string of the molecule is O=c1c2c(Cl)cc(Cl)c(O)c2ncn1Cc1ccccn1. The quantitative estimate of drug-likeness (QED) is 0.788. The number of hydrogen-bond acceptors (Lipinski definition) is 4. The summed E-state index contributed by atoms with van der Waals surface area (Å²) in [6, 6.07) is 6.76. The third-order valence-corrected chi connectivity index (χ3v) is 3.63. The topological polar surface area (TPSA) is 68.0 Å². The highest BCUT2D eigenvalue weighted by Crippen LogP contribution is 2.34. The number of phenols is 1. The highest BCUT2D eigenvalue weighted by atomic mass is 35.5. The second-order valence-corrected chi connectivity index (χ2v) is 5.23. The molecule has 5 nitrogen and oxygen atoms in total. The van der Waals surface area contributed by atoms with Gasteiger partial charge in [0.1, 0.15) is 5.52 Å². The highest BCUT2D eigenvalue weighted by molar-refractivity contribution is 6.39. The summed E-state index contributed by atoms with van der Waals surface area (Å²) in [4.78, 5) is 20.7. The van der Waals surface area contributed by atoms with E-state index in [4.69, 9.17) is 23.2 Å². The van der Waals surface area contributed by atoms with Crippen molar-refractivity contribution in [2.24, 2.45) is 0 Å². The number of phenolic OH excluding ortho intramolecular Hbond substituents is 1. The number of aromatic nitrogens is 3. The van der Waals surface area contributed by atoms with Crippen LogP contribution in [0.25, 0.3) is 10.9 Å². The third kappa shape index (κ3) is 2.46. The molecule has 0 saturated heterocycles. The normalized spacial score (nSPS) is 11.0. The third-order valence-electron chi connectivity index (χ3n) is 3.04. The smallest absolute Gasteiger partial charge is 0.263 e. The minimum Gasteiger partial charge on any atom is -0.504 e. The average Bonchev–Trinajstić information content (AvgIpc) is 2.48. The molecule has 3 rings (SSSR count). The lowest BCUT2D eigenvalue weighted by Crippen LogP contribution is -2.22. The van der Waals surface area contributed by atoms with Gasteiger partial charge in [-0.05, 0) is 18.2 Å². The zero-order valence-corrected chi connectivity index (χ0v) is 12.1. The van der Waals surface area contributed by atoms with Gasteiger partial charge in [0.2, 0.25) is 0 Å². The predicted octanol–water partition coefficient (Wildman–Crippen LogP) is 2.85. The summed E-state index contributed by atoms with van der Waals surface area (Å²) in [6.45, 7) is 0.266. The van der Waals surface area contributed by atoms with Crippen LogP contribution in [0.15, 0.2) is 41.6 Å². The predicted molar refractivity (Wildman–Crippen MR) is 81.0 cm³/mol. The first-order valence-electron chi connectivity index (χ1n) is 6.04. The fourth-order valence-electron chi connectivity index (χ4n) is 2.03. The standard InChI is InChI=1S/C14H9Cl2N3O2/c15-9-5-10(16)13(20)12-11(9)14(21)19(7-18-12)6-8-3-1-2-4-17-8/h1-5,7,20H,6H2. The summed E-state index contributed by atoms with van der Waals surface area (Å²) in [6.07, 6.45) is 2.99. The van der Waals surface area contributed by atoms with Gasteiger partial charge in [-0.25, -0.2) is 4.98 Å². The van der Waals surface area contributed by atoms with E-state index >= 15 is 0 Å². The van der Waals surface area contributed by atoms with Crippen molar-refractivity contribution in [3.05, 3.63) is 62.9 Å². The van der Waals surface area contributed by atoms with E-state index in [0.29, 0.717) is 0 Å². The van der Waals surface area contributed by atoms with Crippen molar-refractivity contribution in [2.45, 2.75) is 6.54 Å². The van der Waals surface area contributed by atoms with Gasteiger partial charge in [0.25, 0.3) is 5.56 Å². The Balaban J connectivity index is 2.19. The van der Waals surface area contributed by atoms with Crippen LogP contribution in [0.2, 0.25) is 10.0 Å². The summed E-state index contributed by atoms with van der Waals surface area (Å²) < 4.78 is 1.38. The van der Waals surface area contributed by atoms with Crippen LogP contribution in [0.1, 0.15) is 5.69 Å². The molecule has 0 aliphatic heterocycles. The largest absolute Gasteiger partial charge is 0.504 e. The first-order chi connectivity index (χ1) is 10.1. The number of nitrogens with zero attached hydrogens (tertiary/aromatic N) is 3. The van der Waals surface area contributed by atoms with Gasteiger partial charge in [-0.15, -0.1) is 0 Å². The molecule has 0 aliphatic carbocycles. The number of hydrogen-bond donors (Lipinski definition) is 1. The molecular formula is C14H9Cl2N3O2. The highest BCUT2D eigenvalue weighted by Gasteiger charge is 2.15. The molecule has 3 aromatic rings. The Labute approximate surface area is 129 Å². The van der Waals surface area contributed by atoms with Crippen LogP contribution in [0.3, 0.4) is 0 Å². The first-order valence-corrected chi connectivity index (χ1v) is 6.79. The van der Waals surface area contributed by atoms with E-state index in [1.54, 1.807) is 18.3 Å². The van der Waals surface area contributed by atoms with Crippen molar-refractivity contribution >= 4 is 34.1 Å². The van der Waals surface area contributed by atoms with E-state index in [0.717, 1.165) is 5.69 Å². The Morgan fingerprint density at radius 1 is 1.19 bits per heavy atom. The molecule has 7 heteroatoms. The Morgan fingerprint density at radius 2 is 2.00 bits per heavy atom. The molecule has 0 fully saturated rings. The number of halogens is 2.